The van der Waals surface area contributed by atoms with Gasteiger partial charge in [-0.1, -0.05) is 0 Å². The largest absolute Gasteiger partial charge is 0.394 e. The van der Waals surface area contributed by atoms with Gasteiger partial charge in [0.1, 0.15) is 6.10 Å². The fraction of sp³-hybridized carbons (Fsp3) is 0.889. The van der Waals surface area contributed by atoms with Gasteiger partial charge < -0.3 is 15.2 Å². The molecule has 0 aromatic carbocycles. The van der Waals surface area contributed by atoms with Crippen LogP contribution in [0.2, 0.25) is 0 Å². The first-order chi connectivity index (χ1) is 6.26. The summed E-state index contributed by atoms with van der Waals surface area (Å²) in [5.41, 5.74) is -0.303. The van der Waals surface area contributed by atoms with E-state index in [2.05, 4.69) is 5.32 Å². The van der Waals surface area contributed by atoms with Crippen molar-refractivity contribution in [3.05, 3.63) is 0 Å². The number of hydrogen-bond acceptors (Lipinski definition) is 3. The third-order valence-corrected chi connectivity index (χ3v) is 2.77. The monoisotopic (exact) mass is 185 g/mol. The molecule has 1 saturated carbocycles. The lowest BCUT2D eigenvalue weighted by atomic mass is 10.2. The number of aliphatic hydroxyl groups excluding tert-OH is 1. The molecule has 2 aliphatic rings. The van der Waals surface area contributed by atoms with E-state index < -0.39 is 0 Å². The first kappa shape index (κ1) is 8.97. The Hall–Kier alpha value is -0.610. The van der Waals surface area contributed by atoms with Crippen LogP contribution in [0.3, 0.4) is 0 Å². The Kier molecular flexibility index (Phi) is 2.26. The van der Waals surface area contributed by atoms with Gasteiger partial charge in [-0.3, -0.25) is 4.79 Å². The van der Waals surface area contributed by atoms with Crippen LogP contribution in [0.1, 0.15) is 25.7 Å². The van der Waals surface area contributed by atoms with Gasteiger partial charge in [-0.05, 0) is 25.7 Å². The van der Waals surface area contributed by atoms with Gasteiger partial charge in [0.25, 0.3) is 0 Å². The van der Waals surface area contributed by atoms with E-state index in [-0.39, 0.29) is 24.2 Å². The molecule has 1 aliphatic heterocycles. The number of aliphatic hydroxyl groups is 1. The highest BCUT2D eigenvalue weighted by atomic mass is 16.5. The van der Waals surface area contributed by atoms with Gasteiger partial charge in [0.05, 0.1) is 12.1 Å². The lowest BCUT2D eigenvalue weighted by Gasteiger charge is -2.17. The van der Waals surface area contributed by atoms with Gasteiger partial charge in [0, 0.05) is 6.61 Å². The minimum absolute atomic E-state index is 0.0471. The molecule has 74 valence electrons. The van der Waals surface area contributed by atoms with Gasteiger partial charge in [-0.25, -0.2) is 0 Å². The SMILES string of the molecule is O=C(NC1(CO)CC1)C1CCCO1. The average molecular weight is 185 g/mol. The summed E-state index contributed by atoms with van der Waals surface area (Å²) in [6.45, 7) is 0.732. The molecule has 1 unspecified atom stereocenters. The van der Waals surface area contributed by atoms with Crippen LogP contribution < -0.4 is 5.32 Å². The number of hydrogen-bond donors (Lipinski definition) is 2. The summed E-state index contributed by atoms with van der Waals surface area (Å²) in [5, 5.41) is 11.8. The van der Waals surface area contributed by atoms with Crippen molar-refractivity contribution >= 4 is 5.91 Å². The Morgan fingerprint density at radius 1 is 1.62 bits per heavy atom. The van der Waals surface area contributed by atoms with E-state index >= 15 is 0 Å². The summed E-state index contributed by atoms with van der Waals surface area (Å²) >= 11 is 0. The molecule has 0 spiro atoms. The van der Waals surface area contributed by atoms with Crippen LogP contribution >= 0.6 is 0 Å². The van der Waals surface area contributed by atoms with E-state index in [1.54, 1.807) is 0 Å². The molecule has 1 amide bonds. The predicted octanol–water partition coefficient (Wildman–Crippen LogP) is -0.194. The second-order valence-electron chi connectivity index (χ2n) is 3.93. The molecule has 2 rings (SSSR count). The van der Waals surface area contributed by atoms with Gasteiger partial charge in [-0.2, -0.15) is 0 Å². The van der Waals surface area contributed by atoms with Crippen molar-refractivity contribution in [2.24, 2.45) is 0 Å². The average Bonchev–Trinajstić information content (AvgIpc) is 2.69. The fourth-order valence-corrected chi connectivity index (χ4v) is 1.60. The quantitative estimate of drug-likeness (QED) is 0.640. The first-order valence-corrected chi connectivity index (χ1v) is 4.80. The number of carbonyl (C=O) groups is 1. The lowest BCUT2D eigenvalue weighted by molar-refractivity contribution is -0.131. The standard InChI is InChI=1S/C9H15NO3/c11-6-9(3-4-9)10-8(12)7-2-1-5-13-7/h7,11H,1-6H2,(H,10,12). The zero-order valence-electron chi connectivity index (χ0n) is 7.58. The maximum absolute atomic E-state index is 11.5. The van der Waals surface area contributed by atoms with E-state index in [9.17, 15) is 4.79 Å². The Morgan fingerprint density at radius 3 is 2.85 bits per heavy atom. The molecule has 4 heteroatoms. The summed E-state index contributed by atoms with van der Waals surface area (Å²) in [5.74, 6) is -0.0518. The maximum Gasteiger partial charge on any atom is 0.249 e. The normalized spacial score (nSPS) is 30.1. The molecule has 1 atom stereocenters. The smallest absolute Gasteiger partial charge is 0.249 e. The van der Waals surface area contributed by atoms with E-state index in [1.165, 1.54) is 0 Å². The summed E-state index contributed by atoms with van der Waals surface area (Å²) in [7, 11) is 0. The van der Waals surface area contributed by atoms with E-state index in [1.807, 2.05) is 0 Å². The summed E-state index contributed by atoms with van der Waals surface area (Å²) in [4.78, 5) is 11.5. The van der Waals surface area contributed by atoms with E-state index in [0.717, 1.165) is 25.7 Å². The molecular formula is C9H15NO3. The van der Waals surface area contributed by atoms with Gasteiger partial charge in [-0.15, -0.1) is 0 Å². The highest BCUT2D eigenvalue weighted by molar-refractivity contribution is 5.82. The number of rotatable bonds is 3. The summed E-state index contributed by atoms with van der Waals surface area (Å²) < 4.78 is 5.24. The molecule has 1 aliphatic carbocycles. The van der Waals surface area contributed by atoms with Crippen LogP contribution in [0.25, 0.3) is 0 Å². The van der Waals surface area contributed by atoms with E-state index in [4.69, 9.17) is 9.84 Å². The van der Waals surface area contributed by atoms with Gasteiger partial charge in [0.15, 0.2) is 0 Å². The Morgan fingerprint density at radius 2 is 2.38 bits per heavy atom. The molecule has 0 radical (unpaired) electrons. The molecule has 1 heterocycles. The van der Waals surface area contributed by atoms with E-state index in [0.29, 0.717) is 6.61 Å². The Balaban J connectivity index is 1.84. The number of carbonyl (C=O) groups excluding carboxylic acids is 1. The summed E-state index contributed by atoms with van der Waals surface area (Å²) in [6.07, 6.45) is 3.28. The molecule has 0 aromatic heterocycles. The van der Waals surface area contributed by atoms with Gasteiger partial charge >= 0.3 is 0 Å². The highest BCUT2D eigenvalue weighted by Gasteiger charge is 2.44. The van der Waals surface area contributed by atoms with Crippen molar-refractivity contribution in [3.8, 4) is 0 Å². The molecule has 0 bridgehead atoms. The Labute approximate surface area is 77.3 Å². The molecule has 1 saturated heterocycles. The van der Waals surface area contributed by atoms with Gasteiger partial charge in [0.2, 0.25) is 5.91 Å². The minimum atomic E-state index is -0.303. The van der Waals surface area contributed by atoms with Crippen molar-refractivity contribution in [1.82, 2.24) is 5.32 Å². The number of ether oxygens (including phenoxy) is 1. The van der Waals surface area contributed by atoms with Crippen LogP contribution in [0.5, 0.6) is 0 Å². The molecule has 13 heavy (non-hydrogen) atoms. The van der Waals surface area contributed by atoms with Crippen LogP contribution in [0.4, 0.5) is 0 Å². The van der Waals surface area contributed by atoms with Crippen molar-refractivity contribution in [2.75, 3.05) is 13.2 Å². The van der Waals surface area contributed by atoms with Crippen molar-refractivity contribution in [1.29, 1.82) is 0 Å². The summed E-state index contributed by atoms with van der Waals surface area (Å²) in [6, 6.07) is 0. The number of amides is 1. The molecule has 4 nitrogen and oxygen atoms in total. The predicted molar refractivity (Wildman–Crippen MR) is 46.2 cm³/mol. The second kappa shape index (κ2) is 3.27. The van der Waals surface area contributed by atoms with Crippen molar-refractivity contribution in [3.63, 3.8) is 0 Å². The third-order valence-electron chi connectivity index (χ3n) is 2.77. The molecule has 2 N–H and O–H groups in total. The minimum Gasteiger partial charge on any atom is -0.394 e. The van der Waals surface area contributed by atoms with Crippen LogP contribution in [-0.4, -0.2) is 35.9 Å². The zero-order valence-corrected chi connectivity index (χ0v) is 7.58. The Bertz CT molecular complexity index is 207. The van der Waals surface area contributed by atoms with Crippen LogP contribution in [0, 0.1) is 0 Å². The maximum atomic E-state index is 11.5. The fourth-order valence-electron chi connectivity index (χ4n) is 1.60. The van der Waals surface area contributed by atoms with Crippen molar-refractivity contribution in [2.45, 2.75) is 37.3 Å². The molecular weight excluding hydrogens is 170 g/mol. The lowest BCUT2D eigenvalue weighted by Crippen LogP contribution is -2.44. The zero-order chi connectivity index (χ0) is 9.31. The van der Waals surface area contributed by atoms with Crippen LogP contribution in [0.15, 0.2) is 0 Å². The topological polar surface area (TPSA) is 58.6 Å². The van der Waals surface area contributed by atoms with Crippen LogP contribution in [-0.2, 0) is 9.53 Å². The molecule has 2 fully saturated rings. The van der Waals surface area contributed by atoms with Crippen molar-refractivity contribution < 1.29 is 14.6 Å². The third kappa shape index (κ3) is 1.84. The first-order valence-electron chi connectivity index (χ1n) is 4.80. The highest BCUT2D eigenvalue weighted by Crippen LogP contribution is 2.34. The number of nitrogens with one attached hydrogen (secondary N) is 1. The molecule has 0 aromatic rings. The second-order valence-corrected chi connectivity index (χ2v) is 3.93.